The monoisotopic (exact) mass is 280 g/mol. The van der Waals surface area contributed by atoms with Gasteiger partial charge in [-0.2, -0.15) is 9.49 Å². The number of rotatable bonds is 6. The van der Waals surface area contributed by atoms with E-state index in [-0.39, 0.29) is 5.69 Å². The highest BCUT2D eigenvalue weighted by molar-refractivity contribution is 5.69. The summed E-state index contributed by atoms with van der Waals surface area (Å²) in [5, 5.41) is 17.7. The van der Waals surface area contributed by atoms with E-state index in [0.29, 0.717) is 18.8 Å². The van der Waals surface area contributed by atoms with E-state index in [1.165, 1.54) is 18.3 Å². The quantitative estimate of drug-likeness (QED) is 0.648. The van der Waals surface area contributed by atoms with Crippen molar-refractivity contribution in [2.75, 3.05) is 19.0 Å². The van der Waals surface area contributed by atoms with Gasteiger partial charge in [0.05, 0.1) is 30.0 Å². The molecule has 0 saturated heterocycles. The molecule has 106 valence electrons. The van der Waals surface area contributed by atoms with Gasteiger partial charge in [0.2, 0.25) is 5.82 Å². The smallest absolute Gasteiger partial charge is 0.327 e. The zero-order valence-electron chi connectivity index (χ0n) is 10.7. The lowest BCUT2D eigenvalue weighted by molar-refractivity contribution is -0.386. The fourth-order valence-corrected chi connectivity index (χ4v) is 1.69. The SMILES string of the molecule is COCCn1cc(Nc2cccc(F)c2[N+](=O)[O-])cn1. The van der Waals surface area contributed by atoms with Gasteiger partial charge in [-0.05, 0) is 12.1 Å². The van der Waals surface area contributed by atoms with Crippen LogP contribution in [0.15, 0.2) is 30.6 Å². The number of aromatic nitrogens is 2. The second-order valence-electron chi connectivity index (χ2n) is 4.00. The molecule has 1 aromatic carbocycles. The Balaban J connectivity index is 2.20. The minimum Gasteiger partial charge on any atom is -0.383 e. The average Bonchev–Trinajstić information content (AvgIpc) is 2.83. The minimum absolute atomic E-state index is 0.0845. The molecule has 0 bridgehead atoms. The van der Waals surface area contributed by atoms with Crippen LogP contribution in [0.3, 0.4) is 0 Å². The van der Waals surface area contributed by atoms with E-state index in [1.807, 2.05) is 0 Å². The Labute approximate surface area is 114 Å². The van der Waals surface area contributed by atoms with Crippen LogP contribution in [-0.2, 0) is 11.3 Å². The summed E-state index contributed by atoms with van der Waals surface area (Å²) in [5.41, 5.74) is 0.0354. The topological polar surface area (TPSA) is 82.2 Å². The molecule has 0 spiro atoms. The molecule has 7 nitrogen and oxygen atoms in total. The molecule has 0 fully saturated rings. The number of hydrogen-bond acceptors (Lipinski definition) is 5. The molecule has 0 unspecified atom stereocenters. The molecule has 2 aromatic rings. The highest BCUT2D eigenvalue weighted by Gasteiger charge is 2.20. The van der Waals surface area contributed by atoms with Gasteiger partial charge >= 0.3 is 5.69 Å². The van der Waals surface area contributed by atoms with Gasteiger partial charge in [0.25, 0.3) is 0 Å². The van der Waals surface area contributed by atoms with Crippen LogP contribution >= 0.6 is 0 Å². The van der Waals surface area contributed by atoms with Gasteiger partial charge in [0.1, 0.15) is 5.69 Å². The largest absolute Gasteiger partial charge is 0.383 e. The third kappa shape index (κ3) is 3.09. The van der Waals surface area contributed by atoms with Crippen molar-refractivity contribution in [1.82, 2.24) is 9.78 Å². The third-order valence-corrected chi connectivity index (χ3v) is 2.61. The number of anilines is 2. The van der Waals surface area contributed by atoms with Crippen LogP contribution in [0.1, 0.15) is 0 Å². The Bertz CT molecular complexity index is 614. The van der Waals surface area contributed by atoms with E-state index in [4.69, 9.17) is 4.74 Å². The van der Waals surface area contributed by atoms with Crippen LogP contribution in [0, 0.1) is 15.9 Å². The van der Waals surface area contributed by atoms with Crippen LogP contribution in [0.2, 0.25) is 0 Å². The van der Waals surface area contributed by atoms with E-state index in [0.717, 1.165) is 6.07 Å². The molecule has 0 aliphatic rings. The third-order valence-electron chi connectivity index (χ3n) is 2.61. The number of methoxy groups -OCH3 is 1. The highest BCUT2D eigenvalue weighted by atomic mass is 19.1. The molecule has 1 aromatic heterocycles. The maximum atomic E-state index is 13.5. The molecule has 0 aliphatic heterocycles. The van der Waals surface area contributed by atoms with E-state index in [9.17, 15) is 14.5 Å². The lowest BCUT2D eigenvalue weighted by Gasteiger charge is -2.04. The summed E-state index contributed by atoms with van der Waals surface area (Å²) < 4.78 is 20.0. The number of ether oxygens (including phenoxy) is 1. The van der Waals surface area contributed by atoms with Gasteiger partial charge in [-0.1, -0.05) is 6.07 Å². The number of para-hydroxylation sites is 1. The summed E-state index contributed by atoms with van der Waals surface area (Å²) in [7, 11) is 1.58. The summed E-state index contributed by atoms with van der Waals surface area (Å²) in [6, 6.07) is 3.89. The summed E-state index contributed by atoms with van der Waals surface area (Å²) in [4.78, 5) is 10.1. The normalized spacial score (nSPS) is 10.5. The van der Waals surface area contributed by atoms with E-state index < -0.39 is 16.4 Å². The first-order valence-corrected chi connectivity index (χ1v) is 5.83. The zero-order chi connectivity index (χ0) is 14.5. The fraction of sp³-hybridized carbons (Fsp3) is 0.250. The average molecular weight is 280 g/mol. The van der Waals surface area contributed by atoms with Gasteiger partial charge in [0.15, 0.2) is 0 Å². The summed E-state index contributed by atoms with van der Waals surface area (Å²) in [5.74, 6) is -0.883. The van der Waals surface area contributed by atoms with Crippen molar-refractivity contribution in [2.24, 2.45) is 0 Å². The Morgan fingerprint density at radius 1 is 1.55 bits per heavy atom. The number of halogens is 1. The molecule has 0 amide bonds. The summed E-state index contributed by atoms with van der Waals surface area (Å²) >= 11 is 0. The molecule has 20 heavy (non-hydrogen) atoms. The number of nitro groups is 1. The second kappa shape index (κ2) is 6.11. The van der Waals surface area contributed by atoms with Crippen LogP contribution in [-0.4, -0.2) is 28.4 Å². The van der Waals surface area contributed by atoms with Crippen LogP contribution < -0.4 is 5.32 Å². The number of nitrogens with zero attached hydrogens (tertiary/aromatic N) is 3. The predicted octanol–water partition coefficient (Wildman–Crippen LogP) is 2.32. The van der Waals surface area contributed by atoms with Crippen molar-refractivity contribution in [3.8, 4) is 0 Å². The van der Waals surface area contributed by atoms with Crippen molar-refractivity contribution in [3.63, 3.8) is 0 Å². The first kappa shape index (κ1) is 13.9. The molecule has 0 saturated carbocycles. The second-order valence-corrected chi connectivity index (χ2v) is 4.00. The van der Waals surface area contributed by atoms with Crippen molar-refractivity contribution in [2.45, 2.75) is 6.54 Å². The Hall–Kier alpha value is -2.48. The maximum Gasteiger partial charge on any atom is 0.327 e. The standard InChI is InChI=1S/C12H13FN4O3/c1-20-6-5-16-8-9(7-14-16)15-11-4-2-3-10(13)12(11)17(18)19/h2-4,7-8,15H,5-6H2,1H3. The highest BCUT2D eigenvalue weighted by Crippen LogP contribution is 2.29. The van der Waals surface area contributed by atoms with Crippen molar-refractivity contribution < 1.29 is 14.1 Å². The zero-order valence-corrected chi connectivity index (χ0v) is 10.7. The summed E-state index contributed by atoms with van der Waals surface area (Å²) in [6.45, 7) is 1.06. The molecule has 1 N–H and O–H groups in total. The molecule has 0 aliphatic carbocycles. The summed E-state index contributed by atoms with van der Waals surface area (Å²) in [6.07, 6.45) is 3.16. The van der Waals surface area contributed by atoms with Gasteiger partial charge in [-0.25, -0.2) is 0 Å². The lowest BCUT2D eigenvalue weighted by Crippen LogP contribution is -2.04. The Morgan fingerprint density at radius 2 is 2.35 bits per heavy atom. The van der Waals surface area contributed by atoms with Gasteiger partial charge in [-0.3, -0.25) is 14.8 Å². The number of nitrogens with one attached hydrogen (secondary N) is 1. The van der Waals surface area contributed by atoms with Crippen LogP contribution in [0.25, 0.3) is 0 Å². The van der Waals surface area contributed by atoms with Crippen LogP contribution in [0.4, 0.5) is 21.5 Å². The van der Waals surface area contributed by atoms with E-state index in [1.54, 1.807) is 18.0 Å². The van der Waals surface area contributed by atoms with E-state index >= 15 is 0 Å². The molecular formula is C12H13FN4O3. The molecule has 1 heterocycles. The van der Waals surface area contributed by atoms with E-state index in [2.05, 4.69) is 10.4 Å². The Kier molecular flexibility index (Phi) is 4.26. The molecule has 0 radical (unpaired) electrons. The van der Waals surface area contributed by atoms with Crippen molar-refractivity contribution in [3.05, 3.63) is 46.5 Å². The minimum atomic E-state index is -0.883. The number of hydrogen-bond donors (Lipinski definition) is 1. The Morgan fingerprint density at radius 3 is 3.05 bits per heavy atom. The van der Waals surface area contributed by atoms with Gasteiger partial charge in [0, 0.05) is 13.3 Å². The molecule has 2 rings (SSSR count). The molecular weight excluding hydrogens is 267 g/mol. The van der Waals surface area contributed by atoms with Crippen molar-refractivity contribution in [1.29, 1.82) is 0 Å². The number of benzene rings is 1. The van der Waals surface area contributed by atoms with Gasteiger partial charge < -0.3 is 10.1 Å². The van der Waals surface area contributed by atoms with Gasteiger partial charge in [-0.15, -0.1) is 0 Å². The van der Waals surface area contributed by atoms with Crippen LogP contribution in [0.5, 0.6) is 0 Å². The molecule has 0 atom stereocenters. The fourth-order valence-electron chi connectivity index (χ4n) is 1.69. The lowest BCUT2D eigenvalue weighted by atomic mass is 10.2. The molecule has 8 heteroatoms. The predicted molar refractivity (Wildman–Crippen MR) is 70.4 cm³/mol. The number of nitro benzene ring substituents is 1. The first-order chi connectivity index (χ1) is 9.61. The van der Waals surface area contributed by atoms with Crippen molar-refractivity contribution >= 4 is 17.1 Å². The maximum absolute atomic E-state index is 13.5. The first-order valence-electron chi connectivity index (χ1n) is 5.83.